The van der Waals surface area contributed by atoms with Crippen LogP contribution in [0.2, 0.25) is 0 Å². The van der Waals surface area contributed by atoms with Gasteiger partial charge in [0.25, 0.3) is 0 Å². The third kappa shape index (κ3) is 3.86. The van der Waals surface area contributed by atoms with E-state index in [0.717, 1.165) is 0 Å². The zero-order chi connectivity index (χ0) is 19.2. The van der Waals surface area contributed by atoms with Crippen LogP contribution in [0, 0.1) is 11.3 Å². The van der Waals surface area contributed by atoms with E-state index in [-0.39, 0.29) is 11.4 Å². The zero-order valence-corrected chi connectivity index (χ0v) is 14.5. The normalized spacial score (nSPS) is 10.9. The van der Waals surface area contributed by atoms with Gasteiger partial charge in [0.2, 0.25) is 5.78 Å². The van der Waals surface area contributed by atoms with E-state index in [4.69, 9.17) is 9.15 Å². The maximum atomic E-state index is 12.4. The second-order valence-corrected chi connectivity index (χ2v) is 5.60. The van der Waals surface area contributed by atoms with Gasteiger partial charge >= 0.3 is 5.97 Å². The molecule has 1 heterocycles. The van der Waals surface area contributed by atoms with Gasteiger partial charge in [-0.1, -0.05) is 48.5 Å². The first-order valence-electron chi connectivity index (χ1n) is 8.13. The van der Waals surface area contributed by atoms with Crippen LogP contribution in [0.4, 0.5) is 0 Å². The van der Waals surface area contributed by atoms with Crippen LogP contribution in [-0.2, 0) is 4.74 Å². The molecular formula is C22H15NO4. The van der Waals surface area contributed by atoms with E-state index in [9.17, 15) is 14.9 Å². The second-order valence-electron chi connectivity index (χ2n) is 5.60. The van der Waals surface area contributed by atoms with Crippen LogP contribution in [-0.4, -0.2) is 18.9 Å². The zero-order valence-electron chi connectivity index (χ0n) is 14.5. The van der Waals surface area contributed by atoms with Crippen molar-refractivity contribution in [3.63, 3.8) is 0 Å². The molecule has 132 valence electrons. The van der Waals surface area contributed by atoms with Crippen molar-refractivity contribution in [2.45, 2.75) is 0 Å². The Morgan fingerprint density at radius 2 is 1.70 bits per heavy atom. The smallest absolute Gasteiger partial charge is 0.338 e. The molecule has 0 radical (unpaired) electrons. The number of hydrogen-bond donors (Lipinski definition) is 0. The highest BCUT2D eigenvalue weighted by atomic mass is 16.5. The Kier molecular flexibility index (Phi) is 5.29. The number of carbonyl (C=O) groups is 2. The Labute approximate surface area is 156 Å². The fourth-order valence-electron chi connectivity index (χ4n) is 2.60. The lowest BCUT2D eigenvalue weighted by molar-refractivity contribution is 0.0601. The number of methoxy groups -OCH3 is 1. The van der Waals surface area contributed by atoms with Crippen molar-refractivity contribution in [2.24, 2.45) is 0 Å². The SMILES string of the molecule is COC(=O)c1ccccc1-c1ccc(/C=C(/C#N)C(=O)c2ccccc2)o1. The lowest BCUT2D eigenvalue weighted by Gasteiger charge is -2.04. The molecule has 0 aliphatic heterocycles. The van der Waals surface area contributed by atoms with E-state index in [0.29, 0.717) is 28.2 Å². The van der Waals surface area contributed by atoms with Crippen LogP contribution in [0.1, 0.15) is 26.5 Å². The van der Waals surface area contributed by atoms with Crippen LogP contribution >= 0.6 is 0 Å². The molecule has 0 bridgehead atoms. The van der Waals surface area contributed by atoms with E-state index >= 15 is 0 Å². The van der Waals surface area contributed by atoms with Crippen molar-refractivity contribution in [1.29, 1.82) is 5.26 Å². The third-order valence-corrected chi connectivity index (χ3v) is 3.91. The van der Waals surface area contributed by atoms with Gasteiger partial charge in [-0.3, -0.25) is 4.79 Å². The summed E-state index contributed by atoms with van der Waals surface area (Å²) >= 11 is 0. The molecule has 3 aromatic rings. The summed E-state index contributed by atoms with van der Waals surface area (Å²) in [5.41, 5.74) is 1.32. The quantitative estimate of drug-likeness (QED) is 0.290. The Balaban J connectivity index is 1.94. The van der Waals surface area contributed by atoms with Crippen molar-refractivity contribution in [3.8, 4) is 17.4 Å². The molecule has 0 spiro atoms. The van der Waals surface area contributed by atoms with Crippen molar-refractivity contribution in [1.82, 2.24) is 0 Å². The molecule has 0 saturated carbocycles. The lowest BCUT2D eigenvalue weighted by Crippen LogP contribution is -2.02. The van der Waals surface area contributed by atoms with Gasteiger partial charge in [0.05, 0.1) is 12.7 Å². The topological polar surface area (TPSA) is 80.3 Å². The molecule has 27 heavy (non-hydrogen) atoms. The predicted octanol–water partition coefficient (Wildman–Crippen LogP) is 4.52. The van der Waals surface area contributed by atoms with Gasteiger partial charge in [0, 0.05) is 17.2 Å². The summed E-state index contributed by atoms with van der Waals surface area (Å²) in [6.07, 6.45) is 1.39. The van der Waals surface area contributed by atoms with Gasteiger partial charge in [0.15, 0.2) is 0 Å². The van der Waals surface area contributed by atoms with Crippen LogP contribution in [0.5, 0.6) is 0 Å². The minimum atomic E-state index is -0.476. The summed E-state index contributed by atoms with van der Waals surface area (Å²) in [7, 11) is 1.31. The molecule has 3 rings (SSSR count). The summed E-state index contributed by atoms with van der Waals surface area (Å²) in [6, 6.07) is 20.7. The average molecular weight is 357 g/mol. The molecule has 0 amide bonds. The molecule has 0 saturated heterocycles. The number of ether oxygens (including phenoxy) is 1. The third-order valence-electron chi connectivity index (χ3n) is 3.91. The maximum absolute atomic E-state index is 12.4. The number of Topliss-reactive ketones (excluding diaryl/α,β-unsaturated/α-hetero) is 1. The molecule has 2 aromatic carbocycles. The Morgan fingerprint density at radius 3 is 2.41 bits per heavy atom. The van der Waals surface area contributed by atoms with Crippen molar-refractivity contribution in [3.05, 3.63) is 89.2 Å². The minimum absolute atomic E-state index is 0.0386. The molecule has 5 nitrogen and oxygen atoms in total. The molecule has 0 atom stereocenters. The molecule has 0 unspecified atom stereocenters. The molecule has 1 aromatic heterocycles. The van der Waals surface area contributed by atoms with E-state index in [1.54, 1.807) is 66.7 Å². The van der Waals surface area contributed by atoms with Crippen LogP contribution in [0.3, 0.4) is 0 Å². The number of ketones is 1. The predicted molar refractivity (Wildman–Crippen MR) is 99.8 cm³/mol. The highest BCUT2D eigenvalue weighted by molar-refractivity contribution is 6.13. The lowest BCUT2D eigenvalue weighted by atomic mass is 10.0. The van der Waals surface area contributed by atoms with Crippen LogP contribution in [0.25, 0.3) is 17.4 Å². The van der Waals surface area contributed by atoms with Gasteiger partial charge in [-0.15, -0.1) is 0 Å². The number of furan rings is 1. The van der Waals surface area contributed by atoms with Gasteiger partial charge in [-0.25, -0.2) is 4.79 Å². The molecule has 5 heteroatoms. The monoisotopic (exact) mass is 357 g/mol. The fraction of sp³-hybridized carbons (Fsp3) is 0.0455. The Hall–Kier alpha value is -3.91. The van der Waals surface area contributed by atoms with E-state index in [1.165, 1.54) is 13.2 Å². The van der Waals surface area contributed by atoms with Crippen molar-refractivity contribution < 1.29 is 18.7 Å². The van der Waals surface area contributed by atoms with Gasteiger partial charge < -0.3 is 9.15 Å². The largest absolute Gasteiger partial charge is 0.465 e. The highest BCUT2D eigenvalue weighted by Gasteiger charge is 2.16. The first-order chi connectivity index (χ1) is 13.1. The number of allylic oxidation sites excluding steroid dienone is 1. The minimum Gasteiger partial charge on any atom is -0.465 e. The van der Waals surface area contributed by atoms with Gasteiger partial charge in [-0.2, -0.15) is 5.26 Å². The number of rotatable bonds is 5. The Bertz CT molecular complexity index is 1060. The van der Waals surface area contributed by atoms with E-state index in [1.807, 2.05) is 6.07 Å². The summed E-state index contributed by atoms with van der Waals surface area (Å²) in [5.74, 6) is -0.0840. The molecule has 0 aliphatic carbocycles. The van der Waals surface area contributed by atoms with Crippen LogP contribution in [0.15, 0.2) is 76.7 Å². The summed E-state index contributed by atoms with van der Waals surface area (Å²) in [4.78, 5) is 24.4. The molecule has 0 aliphatic rings. The number of nitrogens with zero attached hydrogens (tertiary/aromatic N) is 1. The number of benzene rings is 2. The maximum Gasteiger partial charge on any atom is 0.338 e. The van der Waals surface area contributed by atoms with Crippen LogP contribution < -0.4 is 0 Å². The number of esters is 1. The molecular weight excluding hydrogens is 342 g/mol. The standard InChI is InChI=1S/C22H15NO4/c1-26-22(25)19-10-6-5-9-18(19)20-12-11-17(27-20)13-16(14-23)21(24)15-7-3-2-4-8-15/h2-13H,1H3/b16-13-. The highest BCUT2D eigenvalue weighted by Crippen LogP contribution is 2.27. The molecule has 0 fully saturated rings. The first kappa shape index (κ1) is 17.9. The summed E-state index contributed by atoms with van der Waals surface area (Å²) in [6.45, 7) is 0. The average Bonchev–Trinajstić information content (AvgIpc) is 3.20. The fourth-order valence-corrected chi connectivity index (χ4v) is 2.60. The van der Waals surface area contributed by atoms with E-state index < -0.39 is 5.97 Å². The summed E-state index contributed by atoms with van der Waals surface area (Å²) in [5, 5.41) is 9.35. The Morgan fingerprint density at radius 1 is 1.00 bits per heavy atom. The molecule has 0 N–H and O–H groups in total. The number of carbonyl (C=O) groups excluding carboxylic acids is 2. The van der Waals surface area contributed by atoms with Crippen molar-refractivity contribution >= 4 is 17.8 Å². The van der Waals surface area contributed by atoms with E-state index in [2.05, 4.69) is 0 Å². The number of hydrogen-bond acceptors (Lipinski definition) is 5. The summed E-state index contributed by atoms with van der Waals surface area (Å²) < 4.78 is 10.5. The van der Waals surface area contributed by atoms with Crippen molar-refractivity contribution in [2.75, 3.05) is 7.11 Å². The first-order valence-corrected chi connectivity index (χ1v) is 8.13. The van der Waals surface area contributed by atoms with Gasteiger partial charge in [0.1, 0.15) is 23.2 Å². The van der Waals surface area contributed by atoms with Gasteiger partial charge in [-0.05, 0) is 18.2 Å². The number of nitriles is 1. The second kappa shape index (κ2) is 7.98.